The number of piperazine rings is 1. The average Bonchev–Trinajstić information content (AvgIpc) is 2.69. The summed E-state index contributed by atoms with van der Waals surface area (Å²) in [5, 5.41) is 9.83. The minimum atomic E-state index is -0.181. The van der Waals surface area contributed by atoms with Crippen LogP contribution in [0.15, 0.2) is 54.6 Å². The molecule has 5 heteroatoms. The highest BCUT2D eigenvalue weighted by Crippen LogP contribution is 2.19. The van der Waals surface area contributed by atoms with Crippen LogP contribution in [0.25, 0.3) is 0 Å². The third-order valence-electron chi connectivity index (χ3n) is 4.75. The van der Waals surface area contributed by atoms with Crippen molar-refractivity contribution < 1.29 is 14.7 Å². The van der Waals surface area contributed by atoms with Crippen LogP contribution in [0.2, 0.25) is 0 Å². The molecule has 1 heterocycles. The number of rotatable bonds is 5. The minimum Gasteiger partial charge on any atom is -0.507 e. The summed E-state index contributed by atoms with van der Waals surface area (Å²) in [6.07, 6.45) is 2.26. The molecule has 0 unspecified atom stereocenters. The highest BCUT2D eigenvalue weighted by atomic mass is 16.3. The van der Waals surface area contributed by atoms with E-state index in [1.807, 2.05) is 23.1 Å². The first kappa shape index (κ1) is 18.0. The summed E-state index contributed by atoms with van der Waals surface area (Å²) in [5.41, 5.74) is 1.56. The molecular weight excluding hydrogens is 328 g/mol. The van der Waals surface area contributed by atoms with Crippen molar-refractivity contribution in [2.75, 3.05) is 26.2 Å². The Morgan fingerprint density at radius 2 is 1.46 bits per heavy atom. The van der Waals surface area contributed by atoms with Gasteiger partial charge in [-0.1, -0.05) is 42.5 Å². The monoisotopic (exact) mass is 352 g/mol. The zero-order valence-corrected chi connectivity index (χ0v) is 14.8. The maximum absolute atomic E-state index is 12.5. The Kier molecular flexibility index (Phi) is 5.89. The van der Waals surface area contributed by atoms with Gasteiger partial charge in [-0.3, -0.25) is 9.59 Å². The molecule has 0 spiro atoms. The minimum absolute atomic E-state index is 0.00285. The van der Waals surface area contributed by atoms with Crippen LogP contribution in [-0.2, 0) is 11.2 Å². The quantitative estimate of drug-likeness (QED) is 0.900. The van der Waals surface area contributed by atoms with E-state index in [1.54, 1.807) is 23.1 Å². The summed E-state index contributed by atoms with van der Waals surface area (Å²) in [4.78, 5) is 28.4. The first-order chi connectivity index (χ1) is 12.6. The maximum atomic E-state index is 12.5. The average molecular weight is 352 g/mol. The van der Waals surface area contributed by atoms with Gasteiger partial charge in [-0.15, -0.1) is 0 Å². The highest BCUT2D eigenvalue weighted by molar-refractivity contribution is 5.97. The van der Waals surface area contributed by atoms with Gasteiger partial charge in [-0.05, 0) is 30.5 Å². The van der Waals surface area contributed by atoms with E-state index in [-0.39, 0.29) is 17.6 Å². The van der Waals surface area contributed by atoms with Crippen molar-refractivity contribution in [1.82, 2.24) is 9.80 Å². The molecule has 1 aliphatic heterocycles. The Bertz CT molecular complexity index is 753. The van der Waals surface area contributed by atoms with Crippen LogP contribution < -0.4 is 0 Å². The van der Waals surface area contributed by atoms with Crippen LogP contribution in [0, 0.1) is 0 Å². The number of hydrogen-bond acceptors (Lipinski definition) is 3. The largest absolute Gasteiger partial charge is 0.507 e. The SMILES string of the molecule is O=C(CCCc1ccccc1)N1CCN(C(=O)c2ccccc2O)CC1. The number of aromatic hydroxyl groups is 1. The Hall–Kier alpha value is -2.82. The van der Waals surface area contributed by atoms with E-state index in [9.17, 15) is 14.7 Å². The first-order valence-electron chi connectivity index (χ1n) is 9.04. The summed E-state index contributed by atoms with van der Waals surface area (Å²) < 4.78 is 0. The lowest BCUT2D eigenvalue weighted by Gasteiger charge is -2.35. The summed E-state index contributed by atoms with van der Waals surface area (Å²) in [7, 11) is 0. The number of benzene rings is 2. The van der Waals surface area contributed by atoms with Crippen LogP contribution in [0.1, 0.15) is 28.8 Å². The molecule has 0 saturated carbocycles. The number of amides is 2. The van der Waals surface area contributed by atoms with Crippen LogP contribution >= 0.6 is 0 Å². The van der Waals surface area contributed by atoms with Gasteiger partial charge in [0.2, 0.25) is 5.91 Å². The normalized spacial score (nSPS) is 14.3. The number of phenolic OH excluding ortho intramolecular Hbond substituents is 1. The molecule has 136 valence electrons. The molecule has 1 saturated heterocycles. The molecule has 0 atom stereocenters. The molecule has 0 bridgehead atoms. The summed E-state index contributed by atoms with van der Waals surface area (Å²) in [6, 6.07) is 16.7. The third kappa shape index (κ3) is 4.42. The molecule has 0 radical (unpaired) electrons. The van der Waals surface area contributed by atoms with Gasteiger partial charge < -0.3 is 14.9 Å². The van der Waals surface area contributed by atoms with E-state index in [0.29, 0.717) is 38.2 Å². The van der Waals surface area contributed by atoms with Crippen LogP contribution in [0.4, 0.5) is 0 Å². The van der Waals surface area contributed by atoms with Gasteiger partial charge in [-0.25, -0.2) is 0 Å². The fourth-order valence-corrected chi connectivity index (χ4v) is 3.23. The van der Waals surface area contributed by atoms with E-state index in [2.05, 4.69) is 12.1 Å². The Morgan fingerprint density at radius 1 is 0.846 bits per heavy atom. The van der Waals surface area contributed by atoms with Crippen molar-refractivity contribution in [2.45, 2.75) is 19.3 Å². The predicted molar refractivity (Wildman–Crippen MR) is 100.0 cm³/mol. The number of para-hydroxylation sites is 1. The summed E-state index contributed by atoms with van der Waals surface area (Å²) in [5.74, 6) is -0.0354. The summed E-state index contributed by atoms with van der Waals surface area (Å²) in [6.45, 7) is 2.09. The first-order valence-corrected chi connectivity index (χ1v) is 9.04. The number of carbonyl (C=O) groups is 2. The molecule has 1 aliphatic rings. The van der Waals surface area contributed by atoms with Crippen molar-refractivity contribution in [3.05, 3.63) is 65.7 Å². The molecule has 1 N–H and O–H groups in total. The maximum Gasteiger partial charge on any atom is 0.257 e. The molecule has 1 fully saturated rings. The highest BCUT2D eigenvalue weighted by Gasteiger charge is 2.25. The fourth-order valence-electron chi connectivity index (χ4n) is 3.23. The second-order valence-corrected chi connectivity index (χ2v) is 6.53. The number of phenols is 1. The fraction of sp³-hybridized carbons (Fsp3) is 0.333. The molecule has 0 aromatic heterocycles. The van der Waals surface area contributed by atoms with Crippen molar-refractivity contribution in [3.8, 4) is 5.75 Å². The second kappa shape index (κ2) is 8.52. The topological polar surface area (TPSA) is 60.9 Å². The molecule has 26 heavy (non-hydrogen) atoms. The van der Waals surface area contributed by atoms with Crippen LogP contribution in [-0.4, -0.2) is 52.9 Å². The number of hydrogen-bond donors (Lipinski definition) is 1. The zero-order chi connectivity index (χ0) is 18.4. The van der Waals surface area contributed by atoms with Gasteiger partial charge in [0.05, 0.1) is 5.56 Å². The van der Waals surface area contributed by atoms with Crippen LogP contribution in [0.3, 0.4) is 0 Å². The second-order valence-electron chi connectivity index (χ2n) is 6.53. The molecule has 5 nitrogen and oxygen atoms in total. The van der Waals surface area contributed by atoms with Gasteiger partial charge in [0, 0.05) is 32.6 Å². The molecule has 2 aromatic carbocycles. The molecule has 2 aromatic rings. The Balaban J connectivity index is 1.45. The summed E-state index contributed by atoms with van der Waals surface area (Å²) >= 11 is 0. The van der Waals surface area contributed by atoms with Gasteiger partial charge in [0.15, 0.2) is 0 Å². The van der Waals surface area contributed by atoms with E-state index in [4.69, 9.17) is 0 Å². The lowest BCUT2D eigenvalue weighted by molar-refractivity contribution is -0.132. The van der Waals surface area contributed by atoms with Gasteiger partial charge in [0.25, 0.3) is 5.91 Å². The number of aryl methyl sites for hydroxylation is 1. The van der Waals surface area contributed by atoms with Gasteiger partial charge in [-0.2, -0.15) is 0 Å². The Morgan fingerprint density at radius 3 is 2.15 bits per heavy atom. The van der Waals surface area contributed by atoms with Crippen molar-refractivity contribution in [1.29, 1.82) is 0 Å². The van der Waals surface area contributed by atoms with E-state index in [1.165, 1.54) is 11.6 Å². The van der Waals surface area contributed by atoms with E-state index in [0.717, 1.165) is 12.8 Å². The predicted octanol–water partition coefficient (Wildman–Crippen LogP) is 2.70. The van der Waals surface area contributed by atoms with Gasteiger partial charge in [0.1, 0.15) is 5.75 Å². The number of nitrogens with zero attached hydrogens (tertiary/aromatic N) is 2. The molecule has 2 amide bonds. The van der Waals surface area contributed by atoms with Crippen molar-refractivity contribution in [2.24, 2.45) is 0 Å². The molecule has 3 rings (SSSR count). The number of carbonyl (C=O) groups excluding carboxylic acids is 2. The smallest absolute Gasteiger partial charge is 0.257 e. The molecular formula is C21H24N2O3. The zero-order valence-electron chi connectivity index (χ0n) is 14.8. The Labute approximate surface area is 153 Å². The van der Waals surface area contributed by atoms with E-state index >= 15 is 0 Å². The van der Waals surface area contributed by atoms with Crippen molar-refractivity contribution >= 4 is 11.8 Å². The van der Waals surface area contributed by atoms with Crippen molar-refractivity contribution in [3.63, 3.8) is 0 Å². The van der Waals surface area contributed by atoms with Crippen LogP contribution in [0.5, 0.6) is 5.75 Å². The van der Waals surface area contributed by atoms with Gasteiger partial charge >= 0.3 is 0 Å². The van der Waals surface area contributed by atoms with E-state index < -0.39 is 0 Å². The lowest BCUT2D eigenvalue weighted by Crippen LogP contribution is -2.50. The third-order valence-corrected chi connectivity index (χ3v) is 4.75. The standard InChI is InChI=1S/C21H24N2O3/c24-19-11-5-4-10-18(19)21(26)23-15-13-22(14-16-23)20(25)12-6-9-17-7-2-1-3-8-17/h1-5,7-8,10-11,24H,6,9,12-16H2. The lowest BCUT2D eigenvalue weighted by atomic mass is 10.1. The molecule has 0 aliphatic carbocycles.